The molecule has 0 spiro atoms. The average Bonchev–Trinajstić information content (AvgIpc) is 3.98. The first-order valence-corrected chi connectivity index (χ1v) is 25.3. The third kappa shape index (κ3) is 8.02. The molecule has 7 aromatic carbocycles. The summed E-state index contributed by atoms with van der Waals surface area (Å²) in [4.78, 5) is 9.95. The standard InChI is InChI=1S/C65H67N5O/c1-62(2,3)43-29-30-66-58(36-43)70-55-28-20-27-54-59(55)60-56(67(54)13)38-49(39-57(60)70)71-48-24-19-23-47(37-48)68-40-69(53-26-18-17-25-52(53)68)61-50(41-21-15-14-16-22-41)34-46(65(10,11)12)35-51(61)42-31-44(63(4,5)6)33-45(32-42)64(7,8)9/h14-39H,40H2,1-13H3. The van der Waals surface area contributed by atoms with Gasteiger partial charge < -0.3 is 19.1 Å². The van der Waals surface area contributed by atoms with E-state index >= 15 is 0 Å². The van der Waals surface area contributed by atoms with Crippen LogP contribution in [0.3, 0.4) is 0 Å². The zero-order valence-electron chi connectivity index (χ0n) is 43.9. The molecule has 3 aromatic heterocycles. The number of fused-ring (bicyclic) bond motifs is 1. The number of ether oxygens (including phenoxy) is 1. The van der Waals surface area contributed by atoms with E-state index in [0.29, 0.717) is 6.67 Å². The maximum Gasteiger partial charge on any atom is 0.137 e. The first-order valence-electron chi connectivity index (χ1n) is 25.3. The number of anilines is 4. The van der Waals surface area contributed by atoms with Crippen molar-refractivity contribution in [2.24, 2.45) is 7.05 Å². The Morgan fingerprint density at radius 3 is 1.66 bits per heavy atom. The molecule has 10 aromatic rings. The van der Waals surface area contributed by atoms with Crippen molar-refractivity contribution < 1.29 is 4.74 Å². The topological polar surface area (TPSA) is 38.5 Å². The number of benzene rings is 7. The molecule has 11 rings (SSSR count). The molecule has 4 heterocycles. The Bertz CT molecular complexity index is 3620. The van der Waals surface area contributed by atoms with Gasteiger partial charge in [0.25, 0.3) is 0 Å². The molecular weight excluding hydrogens is 867 g/mol. The maximum atomic E-state index is 7.00. The number of hydrogen-bond donors (Lipinski definition) is 0. The third-order valence-electron chi connectivity index (χ3n) is 14.8. The molecular formula is C65H67N5O. The molecule has 358 valence electrons. The fourth-order valence-corrected chi connectivity index (χ4v) is 10.6. The minimum atomic E-state index is -0.0907. The third-order valence-corrected chi connectivity index (χ3v) is 14.8. The van der Waals surface area contributed by atoms with Crippen molar-refractivity contribution in [3.05, 3.63) is 180 Å². The number of para-hydroxylation sites is 2. The number of hydrogen-bond acceptors (Lipinski definition) is 4. The molecule has 0 radical (unpaired) electrons. The number of aromatic nitrogens is 3. The van der Waals surface area contributed by atoms with Crippen LogP contribution in [-0.4, -0.2) is 20.8 Å². The Kier molecular flexibility index (Phi) is 10.6. The smallest absolute Gasteiger partial charge is 0.137 e. The van der Waals surface area contributed by atoms with Gasteiger partial charge in [0.1, 0.15) is 24.0 Å². The minimum absolute atomic E-state index is 0.0200. The Hall–Kier alpha value is -7.31. The number of aryl methyl sites for hydroxylation is 1. The summed E-state index contributed by atoms with van der Waals surface area (Å²) in [5, 5.41) is 2.47. The van der Waals surface area contributed by atoms with Crippen LogP contribution in [0.25, 0.3) is 60.9 Å². The van der Waals surface area contributed by atoms with Crippen molar-refractivity contribution in [1.82, 2.24) is 14.1 Å². The van der Waals surface area contributed by atoms with Crippen molar-refractivity contribution in [1.29, 1.82) is 0 Å². The molecule has 0 fully saturated rings. The molecule has 0 N–H and O–H groups in total. The largest absolute Gasteiger partial charge is 0.457 e. The molecule has 71 heavy (non-hydrogen) atoms. The summed E-state index contributed by atoms with van der Waals surface area (Å²) >= 11 is 0. The summed E-state index contributed by atoms with van der Waals surface area (Å²) in [6.45, 7) is 28.3. The SMILES string of the molecule is Cn1c2cccc3c2c2c1cc(Oc1cccc(N4CN(c5c(-c6ccccc6)cc(C(C)(C)C)cc5-c5cc(C(C)(C)C)cc(C(C)(C)C)c5)c5ccccc54)c1)cc2n3-c1cc(C(C)(C)C)ccn1. The quantitative estimate of drug-likeness (QED) is 0.160. The summed E-state index contributed by atoms with van der Waals surface area (Å²) in [6, 6.07) is 56.0. The average molecular weight is 934 g/mol. The number of pyridine rings is 1. The first-order chi connectivity index (χ1) is 33.6. The normalized spacial score (nSPS) is 13.6. The first kappa shape index (κ1) is 46.1. The van der Waals surface area contributed by atoms with Crippen LogP contribution < -0.4 is 14.5 Å². The van der Waals surface area contributed by atoms with E-state index in [2.05, 4.69) is 261 Å². The molecule has 0 unspecified atom stereocenters. The Labute approximate surface area is 420 Å². The molecule has 0 amide bonds. The highest BCUT2D eigenvalue weighted by molar-refractivity contribution is 6.25. The van der Waals surface area contributed by atoms with Gasteiger partial charge in [0.05, 0.1) is 39.1 Å². The zero-order valence-corrected chi connectivity index (χ0v) is 43.9. The summed E-state index contributed by atoms with van der Waals surface area (Å²) < 4.78 is 11.6. The summed E-state index contributed by atoms with van der Waals surface area (Å²) in [5.74, 6) is 2.45. The van der Waals surface area contributed by atoms with Gasteiger partial charge in [-0.05, 0) is 116 Å². The van der Waals surface area contributed by atoms with E-state index in [-0.39, 0.29) is 21.7 Å². The van der Waals surface area contributed by atoms with Gasteiger partial charge in [-0.1, -0.05) is 156 Å². The molecule has 0 aliphatic carbocycles. The molecule has 6 nitrogen and oxygen atoms in total. The van der Waals surface area contributed by atoms with E-state index in [0.717, 1.165) is 50.9 Å². The van der Waals surface area contributed by atoms with Crippen LogP contribution in [0.4, 0.5) is 22.7 Å². The molecule has 6 heteroatoms. The van der Waals surface area contributed by atoms with Crippen LogP contribution >= 0.6 is 0 Å². The van der Waals surface area contributed by atoms with Crippen molar-refractivity contribution >= 4 is 55.6 Å². The summed E-state index contributed by atoms with van der Waals surface area (Å²) in [6.07, 6.45) is 1.94. The van der Waals surface area contributed by atoms with Gasteiger partial charge in [0.15, 0.2) is 0 Å². The zero-order chi connectivity index (χ0) is 49.9. The second-order valence-electron chi connectivity index (χ2n) is 24.0. The van der Waals surface area contributed by atoms with E-state index in [1.165, 1.54) is 66.5 Å². The van der Waals surface area contributed by atoms with E-state index < -0.39 is 0 Å². The van der Waals surface area contributed by atoms with Crippen molar-refractivity contribution in [3.63, 3.8) is 0 Å². The van der Waals surface area contributed by atoms with E-state index in [4.69, 9.17) is 9.72 Å². The van der Waals surface area contributed by atoms with Gasteiger partial charge in [0.2, 0.25) is 0 Å². The van der Waals surface area contributed by atoms with Crippen molar-refractivity contribution in [2.45, 2.75) is 105 Å². The Balaban J connectivity index is 1.04. The Morgan fingerprint density at radius 2 is 1.00 bits per heavy atom. The van der Waals surface area contributed by atoms with E-state index in [9.17, 15) is 0 Å². The van der Waals surface area contributed by atoms with Crippen LogP contribution in [0.5, 0.6) is 11.5 Å². The van der Waals surface area contributed by atoms with Gasteiger partial charge >= 0.3 is 0 Å². The van der Waals surface area contributed by atoms with E-state index in [1.54, 1.807) is 0 Å². The van der Waals surface area contributed by atoms with Gasteiger partial charge in [-0.15, -0.1) is 0 Å². The van der Waals surface area contributed by atoms with Gasteiger partial charge in [0, 0.05) is 59.0 Å². The number of nitrogens with zero attached hydrogens (tertiary/aromatic N) is 5. The highest BCUT2D eigenvalue weighted by Crippen LogP contribution is 2.52. The number of rotatable bonds is 7. The fraction of sp³-hybridized carbons (Fsp3) is 0.277. The van der Waals surface area contributed by atoms with Crippen molar-refractivity contribution in [3.8, 4) is 39.6 Å². The fourth-order valence-electron chi connectivity index (χ4n) is 10.6. The van der Waals surface area contributed by atoms with Crippen LogP contribution in [0, 0.1) is 0 Å². The highest BCUT2D eigenvalue weighted by atomic mass is 16.5. The van der Waals surface area contributed by atoms with E-state index in [1.807, 2.05) is 6.20 Å². The van der Waals surface area contributed by atoms with Crippen LogP contribution in [0.15, 0.2) is 158 Å². The lowest BCUT2D eigenvalue weighted by atomic mass is 9.77. The summed E-state index contributed by atoms with van der Waals surface area (Å²) in [7, 11) is 2.16. The van der Waals surface area contributed by atoms with Crippen LogP contribution in [0.2, 0.25) is 0 Å². The maximum absolute atomic E-state index is 7.00. The lowest BCUT2D eigenvalue weighted by molar-refractivity contribution is 0.483. The predicted molar refractivity (Wildman–Crippen MR) is 300 cm³/mol. The molecule has 1 aliphatic rings. The second-order valence-corrected chi connectivity index (χ2v) is 24.0. The predicted octanol–water partition coefficient (Wildman–Crippen LogP) is 17.7. The van der Waals surface area contributed by atoms with Crippen molar-refractivity contribution in [2.75, 3.05) is 16.5 Å². The summed E-state index contributed by atoms with van der Waals surface area (Å²) in [5.41, 5.74) is 19.0. The lowest BCUT2D eigenvalue weighted by Gasteiger charge is -2.31. The van der Waals surface area contributed by atoms with Crippen LogP contribution in [0.1, 0.15) is 105 Å². The second kappa shape index (κ2) is 16.4. The molecule has 0 bridgehead atoms. The molecule has 0 saturated carbocycles. The van der Waals surface area contributed by atoms with Gasteiger partial charge in [-0.25, -0.2) is 4.98 Å². The molecule has 0 atom stereocenters. The van der Waals surface area contributed by atoms with Gasteiger partial charge in [-0.2, -0.15) is 0 Å². The monoisotopic (exact) mass is 934 g/mol. The minimum Gasteiger partial charge on any atom is -0.457 e. The highest BCUT2D eigenvalue weighted by Gasteiger charge is 2.34. The Morgan fingerprint density at radius 1 is 0.437 bits per heavy atom. The van der Waals surface area contributed by atoms with Crippen LogP contribution in [-0.2, 0) is 28.7 Å². The lowest BCUT2D eigenvalue weighted by Crippen LogP contribution is -2.25. The van der Waals surface area contributed by atoms with Gasteiger partial charge in [-0.3, -0.25) is 4.57 Å². The molecule has 1 aliphatic heterocycles. The molecule has 0 saturated heterocycles.